The lowest BCUT2D eigenvalue weighted by molar-refractivity contribution is 0.529. The molecule has 2 aromatic rings. The molecule has 1 atom stereocenters. The smallest absolute Gasteiger partial charge is 0.0865 e. The topological polar surface area (TPSA) is 34.8 Å². The minimum Gasteiger partial charge on any atom is -0.344 e. The molecule has 1 unspecified atom stereocenters. The standard InChI is InChI=1S/C15H23ClN4/c1-5-8-17-11(2)13-7-6-9-20(13)10-14-15(16)12(3)18-19(14)4/h6-7,9,11,17H,5,8,10H2,1-4H3. The van der Waals surface area contributed by atoms with E-state index in [4.69, 9.17) is 11.6 Å². The van der Waals surface area contributed by atoms with E-state index in [-0.39, 0.29) is 0 Å². The van der Waals surface area contributed by atoms with Crippen molar-refractivity contribution in [1.82, 2.24) is 19.7 Å². The van der Waals surface area contributed by atoms with Crippen molar-refractivity contribution in [3.63, 3.8) is 0 Å². The summed E-state index contributed by atoms with van der Waals surface area (Å²) in [5, 5.41) is 8.66. The van der Waals surface area contributed by atoms with Crippen molar-refractivity contribution >= 4 is 11.6 Å². The van der Waals surface area contributed by atoms with E-state index < -0.39 is 0 Å². The number of hydrogen-bond donors (Lipinski definition) is 1. The summed E-state index contributed by atoms with van der Waals surface area (Å²) in [4.78, 5) is 0. The fourth-order valence-corrected chi connectivity index (χ4v) is 2.66. The molecule has 0 fully saturated rings. The summed E-state index contributed by atoms with van der Waals surface area (Å²) in [6.07, 6.45) is 3.23. The lowest BCUT2D eigenvalue weighted by atomic mass is 10.2. The van der Waals surface area contributed by atoms with Crippen LogP contribution in [0.4, 0.5) is 0 Å². The Bertz CT molecular complexity index is 570. The monoisotopic (exact) mass is 294 g/mol. The Kier molecular flexibility index (Phi) is 4.89. The Hall–Kier alpha value is -1.26. The van der Waals surface area contributed by atoms with Gasteiger partial charge in [-0.05, 0) is 38.9 Å². The summed E-state index contributed by atoms with van der Waals surface area (Å²) >= 11 is 6.33. The largest absolute Gasteiger partial charge is 0.344 e. The fraction of sp³-hybridized carbons (Fsp3) is 0.533. The van der Waals surface area contributed by atoms with Gasteiger partial charge in [-0.1, -0.05) is 18.5 Å². The van der Waals surface area contributed by atoms with Gasteiger partial charge in [0.05, 0.1) is 23.0 Å². The van der Waals surface area contributed by atoms with E-state index in [1.807, 2.05) is 18.7 Å². The van der Waals surface area contributed by atoms with Gasteiger partial charge in [0.2, 0.25) is 0 Å². The van der Waals surface area contributed by atoms with Crippen LogP contribution in [0, 0.1) is 6.92 Å². The van der Waals surface area contributed by atoms with Gasteiger partial charge in [0.25, 0.3) is 0 Å². The quantitative estimate of drug-likeness (QED) is 0.887. The van der Waals surface area contributed by atoms with Gasteiger partial charge in [-0.2, -0.15) is 5.10 Å². The van der Waals surface area contributed by atoms with Gasteiger partial charge in [-0.25, -0.2) is 0 Å². The van der Waals surface area contributed by atoms with E-state index in [0.29, 0.717) is 6.04 Å². The Labute approximate surface area is 125 Å². The summed E-state index contributed by atoms with van der Waals surface area (Å²) in [5.74, 6) is 0. The zero-order valence-electron chi connectivity index (χ0n) is 12.7. The second kappa shape index (κ2) is 6.46. The first-order valence-electron chi connectivity index (χ1n) is 7.11. The van der Waals surface area contributed by atoms with Gasteiger partial charge < -0.3 is 9.88 Å². The first-order chi connectivity index (χ1) is 9.54. The third-order valence-corrected chi connectivity index (χ3v) is 4.08. The number of aromatic nitrogens is 3. The molecule has 0 aliphatic carbocycles. The highest BCUT2D eigenvalue weighted by atomic mass is 35.5. The number of nitrogens with one attached hydrogen (secondary N) is 1. The van der Waals surface area contributed by atoms with Crippen LogP contribution in [0.5, 0.6) is 0 Å². The fourth-order valence-electron chi connectivity index (χ4n) is 2.44. The van der Waals surface area contributed by atoms with Crippen molar-refractivity contribution in [2.45, 2.75) is 39.8 Å². The third kappa shape index (κ3) is 3.07. The molecule has 0 spiro atoms. The summed E-state index contributed by atoms with van der Waals surface area (Å²) in [7, 11) is 1.94. The molecule has 0 saturated heterocycles. The Morgan fingerprint density at radius 3 is 2.80 bits per heavy atom. The first kappa shape index (κ1) is 15.1. The maximum Gasteiger partial charge on any atom is 0.0865 e. The summed E-state index contributed by atoms with van der Waals surface area (Å²) in [6, 6.07) is 4.57. The van der Waals surface area contributed by atoms with E-state index >= 15 is 0 Å². The zero-order valence-corrected chi connectivity index (χ0v) is 13.4. The molecule has 2 heterocycles. The highest BCUT2D eigenvalue weighted by Crippen LogP contribution is 2.22. The lowest BCUT2D eigenvalue weighted by Gasteiger charge is -2.17. The van der Waals surface area contributed by atoms with Gasteiger partial charge in [0.1, 0.15) is 0 Å². The second-order valence-electron chi connectivity index (χ2n) is 5.21. The summed E-state index contributed by atoms with van der Waals surface area (Å²) in [5.41, 5.74) is 3.20. The van der Waals surface area contributed by atoms with Crippen LogP contribution in [0.3, 0.4) is 0 Å². The molecule has 0 aromatic carbocycles. The van der Waals surface area contributed by atoms with Gasteiger partial charge in [-0.15, -0.1) is 0 Å². The number of rotatable bonds is 6. The molecule has 0 amide bonds. The van der Waals surface area contributed by atoms with Crippen molar-refractivity contribution in [3.05, 3.63) is 40.4 Å². The zero-order chi connectivity index (χ0) is 14.7. The van der Waals surface area contributed by atoms with Crippen molar-refractivity contribution in [2.75, 3.05) is 6.54 Å². The molecule has 0 radical (unpaired) electrons. The maximum absolute atomic E-state index is 6.33. The Morgan fingerprint density at radius 1 is 1.45 bits per heavy atom. The van der Waals surface area contributed by atoms with Crippen molar-refractivity contribution in [2.24, 2.45) is 7.05 Å². The molecule has 0 aliphatic rings. The lowest BCUT2D eigenvalue weighted by Crippen LogP contribution is -2.22. The molecule has 2 aromatic heterocycles. The van der Waals surface area contributed by atoms with Crippen molar-refractivity contribution in [1.29, 1.82) is 0 Å². The van der Waals surface area contributed by atoms with E-state index in [1.165, 1.54) is 5.69 Å². The Morgan fingerprint density at radius 2 is 2.20 bits per heavy atom. The predicted molar refractivity (Wildman–Crippen MR) is 83.2 cm³/mol. The van der Waals surface area contributed by atoms with Crippen LogP contribution in [0.2, 0.25) is 5.02 Å². The molecule has 110 valence electrons. The molecule has 1 N–H and O–H groups in total. The molecule has 0 aliphatic heterocycles. The molecule has 0 bridgehead atoms. The van der Waals surface area contributed by atoms with E-state index in [1.54, 1.807) is 0 Å². The number of nitrogens with zero attached hydrogens (tertiary/aromatic N) is 3. The number of aryl methyl sites for hydroxylation is 2. The predicted octanol–water partition coefficient (Wildman–Crippen LogP) is 3.29. The van der Waals surface area contributed by atoms with Gasteiger partial charge in [0.15, 0.2) is 0 Å². The van der Waals surface area contributed by atoms with Crippen molar-refractivity contribution < 1.29 is 0 Å². The summed E-state index contributed by atoms with van der Waals surface area (Å²) in [6.45, 7) is 8.08. The van der Waals surface area contributed by atoms with Crippen LogP contribution in [0.25, 0.3) is 0 Å². The normalized spacial score (nSPS) is 12.8. The van der Waals surface area contributed by atoms with Crippen LogP contribution >= 0.6 is 11.6 Å². The minimum atomic E-state index is 0.332. The highest BCUT2D eigenvalue weighted by Gasteiger charge is 2.14. The molecular weight excluding hydrogens is 272 g/mol. The highest BCUT2D eigenvalue weighted by molar-refractivity contribution is 6.31. The summed E-state index contributed by atoms with van der Waals surface area (Å²) < 4.78 is 4.10. The average Bonchev–Trinajstić information content (AvgIpc) is 2.97. The van der Waals surface area contributed by atoms with Crippen LogP contribution in [0.15, 0.2) is 18.3 Å². The first-order valence-corrected chi connectivity index (χ1v) is 7.48. The molecular formula is C15H23ClN4. The molecule has 20 heavy (non-hydrogen) atoms. The van der Waals surface area contributed by atoms with Crippen LogP contribution < -0.4 is 5.32 Å². The van der Waals surface area contributed by atoms with Crippen molar-refractivity contribution in [3.8, 4) is 0 Å². The molecule has 0 saturated carbocycles. The Balaban J connectivity index is 2.20. The number of halogens is 1. The van der Waals surface area contributed by atoms with E-state index in [9.17, 15) is 0 Å². The van der Waals surface area contributed by atoms with Gasteiger partial charge >= 0.3 is 0 Å². The molecule has 2 rings (SSSR count). The second-order valence-corrected chi connectivity index (χ2v) is 5.58. The maximum atomic E-state index is 6.33. The van der Waals surface area contributed by atoms with Gasteiger partial charge in [0, 0.05) is 25.0 Å². The van der Waals surface area contributed by atoms with E-state index in [2.05, 4.69) is 47.2 Å². The van der Waals surface area contributed by atoms with E-state index in [0.717, 1.165) is 35.9 Å². The van der Waals surface area contributed by atoms with Gasteiger partial charge in [-0.3, -0.25) is 4.68 Å². The third-order valence-electron chi connectivity index (χ3n) is 3.59. The minimum absolute atomic E-state index is 0.332. The molecule has 4 nitrogen and oxygen atoms in total. The average molecular weight is 295 g/mol. The van der Waals surface area contributed by atoms with Crippen LogP contribution in [-0.4, -0.2) is 20.9 Å². The number of hydrogen-bond acceptors (Lipinski definition) is 2. The SMILES string of the molecule is CCCNC(C)c1cccn1Cc1c(Cl)c(C)nn1C. The van der Waals surface area contributed by atoms with Crippen LogP contribution in [-0.2, 0) is 13.6 Å². The molecule has 5 heteroatoms. The van der Waals surface area contributed by atoms with Crippen LogP contribution in [0.1, 0.15) is 43.4 Å².